The van der Waals surface area contributed by atoms with Gasteiger partial charge < -0.3 is 0 Å². The Balaban J connectivity index is 2.67. The largest absolute Gasteiger partial charge is 0.298 e. The van der Waals surface area contributed by atoms with E-state index in [9.17, 15) is 4.79 Å². The lowest BCUT2D eigenvalue weighted by atomic mass is 10.2. The van der Waals surface area contributed by atoms with Crippen molar-refractivity contribution in [3.05, 3.63) is 24.0 Å². The van der Waals surface area contributed by atoms with Gasteiger partial charge in [-0.2, -0.15) is 5.10 Å². The third-order valence-corrected chi connectivity index (χ3v) is 1.93. The molecule has 13 heavy (non-hydrogen) atoms. The fraction of sp³-hybridized carbons (Fsp3) is 0.222. The Kier molecular flexibility index (Phi) is 1.81. The van der Waals surface area contributed by atoms with E-state index in [-0.39, 0.29) is 0 Å². The van der Waals surface area contributed by atoms with Gasteiger partial charge in [0, 0.05) is 23.7 Å². The molecule has 66 valence electrons. The molecule has 0 spiro atoms. The molecule has 0 aromatic carbocycles. The summed E-state index contributed by atoms with van der Waals surface area (Å²) >= 11 is 0. The van der Waals surface area contributed by atoms with Gasteiger partial charge in [0.1, 0.15) is 0 Å². The summed E-state index contributed by atoms with van der Waals surface area (Å²) < 4.78 is 1.80. The van der Waals surface area contributed by atoms with Gasteiger partial charge in [0.05, 0.1) is 6.20 Å². The maximum Gasteiger partial charge on any atom is 0.157 e. The van der Waals surface area contributed by atoms with Gasteiger partial charge in [-0.25, -0.2) is 9.67 Å². The van der Waals surface area contributed by atoms with E-state index in [0.29, 0.717) is 5.56 Å². The van der Waals surface area contributed by atoms with Gasteiger partial charge in [0.15, 0.2) is 11.9 Å². The van der Waals surface area contributed by atoms with E-state index in [1.807, 2.05) is 6.92 Å². The number of hydrogen-bond donors (Lipinski definition) is 0. The van der Waals surface area contributed by atoms with E-state index in [1.165, 1.54) is 0 Å². The molecule has 0 saturated heterocycles. The number of hydrogen-bond acceptors (Lipinski definition) is 3. The van der Waals surface area contributed by atoms with Crippen LogP contribution in [0.2, 0.25) is 0 Å². The van der Waals surface area contributed by atoms with E-state index in [0.717, 1.165) is 23.9 Å². The van der Waals surface area contributed by atoms with Crippen molar-refractivity contribution >= 4 is 17.3 Å². The van der Waals surface area contributed by atoms with Crippen LogP contribution >= 0.6 is 0 Å². The van der Waals surface area contributed by atoms with Gasteiger partial charge in [0.25, 0.3) is 0 Å². The third kappa shape index (κ3) is 1.20. The molecule has 0 amide bonds. The van der Waals surface area contributed by atoms with Gasteiger partial charge in [-0.05, 0) is 13.0 Å². The van der Waals surface area contributed by atoms with Crippen molar-refractivity contribution in [3.8, 4) is 0 Å². The number of nitrogens with zero attached hydrogens (tertiary/aromatic N) is 3. The van der Waals surface area contributed by atoms with Crippen molar-refractivity contribution in [2.45, 2.75) is 13.5 Å². The topological polar surface area (TPSA) is 47.8 Å². The van der Waals surface area contributed by atoms with Crippen molar-refractivity contribution < 1.29 is 4.79 Å². The van der Waals surface area contributed by atoms with Crippen LogP contribution in [0.4, 0.5) is 0 Å². The number of aldehydes is 1. The second-order valence-corrected chi connectivity index (χ2v) is 2.76. The van der Waals surface area contributed by atoms with Crippen LogP contribution in [-0.4, -0.2) is 21.1 Å². The fourth-order valence-electron chi connectivity index (χ4n) is 1.28. The van der Waals surface area contributed by atoms with Crippen LogP contribution in [0.1, 0.15) is 17.3 Å². The Morgan fingerprint density at radius 3 is 3.08 bits per heavy atom. The molecule has 0 saturated carbocycles. The maximum atomic E-state index is 10.5. The Bertz CT molecular complexity index is 447. The molecule has 2 rings (SSSR count). The average molecular weight is 175 g/mol. The van der Waals surface area contributed by atoms with E-state index >= 15 is 0 Å². The summed E-state index contributed by atoms with van der Waals surface area (Å²) in [5.74, 6) is 0. The quantitative estimate of drug-likeness (QED) is 0.645. The number of aryl methyl sites for hydroxylation is 1. The highest BCUT2D eigenvalue weighted by atomic mass is 16.1. The van der Waals surface area contributed by atoms with Gasteiger partial charge in [-0.1, -0.05) is 0 Å². The summed E-state index contributed by atoms with van der Waals surface area (Å²) in [6, 6.07) is 1.79. The highest BCUT2D eigenvalue weighted by Gasteiger charge is 2.02. The number of pyridine rings is 1. The van der Waals surface area contributed by atoms with Crippen LogP contribution in [-0.2, 0) is 6.54 Å². The van der Waals surface area contributed by atoms with E-state index in [1.54, 1.807) is 23.1 Å². The maximum absolute atomic E-state index is 10.5. The first kappa shape index (κ1) is 7.91. The number of aromatic nitrogens is 3. The predicted octanol–water partition coefficient (Wildman–Crippen LogP) is 1.26. The minimum absolute atomic E-state index is 0.586. The standard InChI is InChI=1S/C9H9N3O/c1-2-12-9-8(5-11-12)3-7(6-13)4-10-9/h3-6H,2H2,1H3. The first-order valence-corrected chi connectivity index (χ1v) is 4.12. The number of carbonyl (C=O) groups is 1. The molecule has 0 aliphatic rings. The molecule has 4 heteroatoms. The zero-order chi connectivity index (χ0) is 9.26. The highest BCUT2D eigenvalue weighted by molar-refractivity contribution is 5.83. The van der Waals surface area contributed by atoms with Crippen LogP contribution in [0.5, 0.6) is 0 Å². The van der Waals surface area contributed by atoms with Crippen molar-refractivity contribution in [2.75, 3.05) is 0 Å². The monoisotopic (exact) mass is 175 g/mol. The molecular weight excluding hydrogens is 166 g/mol. The number of rotatable bonds is 2. The number of fused-ring (bicyclic) bond motifs is 1. The number of carbonyl (C=O) groups excluding carboxylic acids is 1. The third-order valence-electron chi connectivity index (χ3n) is 1.93. The summed E-state index contributed by atoms with van der Waals surface area (Å²) in [5.41, 5.74) is 1.41. The SMILES string of the molecule is CCn1ncc2cc(C=O)cnc21. The minimum Gasteiger partial charge on any atom is -0.298 e. The second-order valence-electron chi connectivity index (χ2n) is 2.76. The normalized spacial score (nSPS) is 10.5. The zero-order valence-electron chi connectivity index (χ0n) is 7.27. The van der Waals surface area contributed by atoms with Crippen LogP contribution < -0.4 is 0 Å². The Morgan fingerprint density at radius 2 is 2.38 bits per heavy atom. The van der Waals surface area contributed by atoms with Gasteiger partial charge in [-0.3, -0.25) is 4.79 Å². The second kappa shape index (κ2) is 2.97. The van der Waals surface area contributed by atoms with Crippen molar-refractivity contribution in [3.63, 3.8) is 0 Å². The van der Waals surface area contributed by atoms with Gasteiger partial charge >= 0.3 is 0 Å². The average Bonchev–Trinajstić information content (AvgIpc) is 2.59. The molecule has 0 unspecified atom stereocenters. The minimum atomic E-state index is 0.586. The molecule has 2 aromatic rings. The zero-order valence-corrected chi connectivity index (χ0v) is 7.27. The molecule has 0 atom stereocenters. The van der Waals surface area contributed by atoms with Crippen LogP contribution in [0, 0.1) is 0 Å². The highest BCUT2D eigenvalue weighted by Crippen LogP contribution is 2.11. The van der Waals surface area contributed by atoms with Crippen LogP contribution in [0.3, 0.4) is 0 Å². The van der Waals surface area contributed by atoms with Gasteiger partial charge in [0.2, 0.25) is 0 Å². The van der Waals surface area contributed by atoms with E-state index < -0.39 is 0 Å². The molecule has 0 bridgehead atoms. The lowest BCUT2D eigenvalue weighted by Crippen LogP contribution is -1.97. The molecule has 0 radical (unpaired) electrons. The smallest absolute Gasteiger partial charge is 0.157 e. The summed E-state index contributed by atoms with van der Waals surface area (Å²) in [6.07, 6.45) is 4.07. The Morgan fingerprint density at radius 1 is 1.54 bits per heavy atom. The fourth-order valence-corrected chi connectivity index (χ4v) is 1.28. The summed E-state index contributed by atoms with van der Waals surface area (Å²) in [4.78, 5) is 14.6. The molecular formula is C9H9N3O. The van der Waals surface area contributed by atoms with Gasteiger partial charge in [-0.15, -0.1) is 0 Å². The predicted molar refractivity (Wildman–Crippen MR) is 48.6 cm³/mol. The molecule has 2 aromatic heterocycles. The molecule has 0 aliphatic carbocycles. The molecule has 0 aliphatic heterocycles. The summed E-state index contributed by atoms with van der Waals surface area (Å²) in [5, 5.41) is 5.04. The Labute approximate surface area is 75.2 Å². The first-order chi connectivity index (χ1) is 6.35. The molecule has 2 heterocycles. The molecule has 0 fully saturated rings. The van der Waals surface area contributed by atoms with E-state index in [2.05, 4.69) is 10.1 Å². The van der Waals surface area contributed by atoms with Crippen molar-refractivity contribution in [1.29, 1.82) is 0 Å². The first-order valence-electron chi connectivity index (χ1n) is 4.12. The Hall–Kier alpha value is -1.71. The van der Waals surface area contributed by atoms with E-state index in [4.69, 9.17) is 0 Å². The van der Waals surface area contributed by atoms with Crippen LogP contribution in [0.25, 0.3) is 11.0 Å². The van der Waals surface area contributed by atoms with Crippen LogP contribution in [0.15, 0.2) is 18.5 Å². The molecule has 0 N–H and O–H groups in total. The van der Waals surface area contributed by atoms with Crippen molar-refractivity contribution in [1.82, 2.24) is 14.8 Å². The summed E-state index contributed by atoms with van der Waals surface area (Å²) in [7, 11) is 0. The van der Waals surface area contributed by atoms with Crippen molar-refractivity contribution in [2.24, 2.45) is 0 Å². The summed E-state index contributed by atoms with van der Waals surface area (Å²) in [6.45, 7) is 2.79. The lowest BCUT2D eigenvalue weighted by molar-refractivity contribution is 0.112. The lowest BCUT2D eigenvalue weighted by Gasteiger charge is -1.96. The molecule has 4 nitrogen and oxygen atoms in total.